The van der Waals surface area contributed by atoms with Crippen LogP contribution < -0.4 is 10.6 Å². The summed E-state index contributed by atoms with van der Waals surface area (Å²) in [5.74, 6) is -1.41. The van der Waals surface area contributed by atoms with Crippen LogP contribution in [0.3, 0.4) is 0 Å². The zero-order valence-corrected chi connectivity index (χ0v) is 20.8. The second kappa shape index (κ2) is 12.5. The first-order valence-electron chi connectivity index (χ1n) is 11.6. The van der Waals surface area contributed by atoms with Crippen LogP contribution in [-0.2, 0) is 14.4 Å². The number of benzene rings is 1. The number of H-pyrrole nitrogens is 1. The summed E-state index contributed by atoms with van der Waals surface area (Å²) in [6.45, 7) is 12.4. The Morgan fingerprint density at radius 2 is 1.89 bits per heavy atom. The third-order valence-corrected chi connectivity index (χ3v) is 5.60. The largest absolute Gasteiger partial charge is 0.368 e. The second-order valence-corrected chi connectivity index (χ2v) is 7.96. The lowest BCUT2D eigenvalue weighted by atomic mass is 10.0. The van der Waals surface area contributed by atoms with Crippen LogP contribution in [-0.4, -0.2) is 65.2 Å². The molecule has 3 N–H and O–H groups in total. The van der Waals surface area contributed by atoms with Crippen molar-refractivity contribution in [2.75, 3.05) is 31.1 Å². The molecule has 2 heterocycles. The normalized spacial score (nSPS) is 15.7. The number of rotatable bonds is 8. The fraction of sp³-hybridized carbons (Fsp3) is 0.346. The molecule has 1 aliphatic rings. The molecule has 1 aromatic carbocycles. The summed E-state index contributed by atoms with van der Waals surface area (Å²) in [4.78, 5) is 45.4. The Morgan fingerprint density at radius 1 is 1.23 bits per heavy atom. The molecule has 0 radical (unpaired) electrons. The van der Waals surface area contributed by atoms with Gasteiger partial charge in [-0.3, -0.25) is 14.4 Å². The monoisotopic (exact) mass is 483 g/mol. The number of aromatic amines is 1. The highest BCUT2D eigenvalue weighted by Gasteiger charge is 2.36. The number of anilines is 1. The van der Waals surface area contributed by atoms with Crippen molar-refractivity contribution in [3.8, 4) is 0 Å². The average molecular weight is 484 g/mol. The van der Waals surface area contributed by atoms with E-state index in [1.807, 2.05) is 38.7 Å². The van der Waals surface area contributed by atoms with Gasteiger partial charge < -0.3 is 25.4 Å². The molecule has 35 heavy (non-hydrogen) atoms. The summed E-state index contributed by atoms with van der Waals surface area (Å²) in [6, 6.07) is 6.86. The number of nitrogens with zero attached hydrogens (tertiary/aromatic N) is 3. The van der Waals surface area contributed by atoms with Crippen molar-refractivity contribution >= 4 is 29.5 Å². The number of nitrogens with one attached hydrogen (secondary N) is 1. The highest BCUT2D eigenvalue weighted by Crippen LogP contribution is 2.26. The van der Waals surface area contributed by atoms with Gasteiger partial charge in [0.15, 0.2) is 0 Å². The van der Waals surface area contributed by atoms with Gasteiger partial charge in [0, 0.05) is 55.0 Å². The van der Waals surface area contributed by atoms with Gasteiger partial charge in [-0.15, -0.1) is 6.58 Å². The van der Waals surface area contributed by atoms with Crippen molar-refractivity contribution in [3.63, 3.8) is 0 Å². The first kappa shape index (κ1) is 27.4. The molecular formula is C26H34FN5O3. The Hall–Kier alpha value is -3.88. The van der Waals surface area contributed by atoms with Crippen LogP contribution >= 0.6 is 0 Å². The maximum Gasteiger partial charge on any atom is 0.256 e. The van der Waals surface area contributed by atoms with E-state index >= 15 is 0 Å². The average Bonchev–Trinajstić information content (AvgIpc) is 3.20. The fourth-order valence-electron chi connectivity index (χ4n) is 4.00. The molecule has 0 bridgehead atoms. The molecule has 188 valence electrons. The molecule has 0 saturated carbocycles. The van der Waals surface area contributed by atoms with Gasteiger partial charge in [0.25, 0.3) is 5.91 Å². The predicted octanol–water partition coefficient (Wildman–Crippen LogP) is 2.98. The number of hydrogen-bond donors (Lipinski definition) is 2. The van der Waals surface area contributed by atoms with Gasteiger partial charge in [-0.05, 0) is 44.2 Å². The van der Waals surface area contributed by atoms with Crippen LogP contribution in [0.15, 0.2) is 49.2 Å². The lowest BCUT2D eigenvalue weighted by Gasteiger charge is -2.41. The number of nitrogens with two attached hydrogens (primary N) is 1. The quantitative estimate of drug-likeness (QED) is 0.342. The first-order chi connectivity index (χ1) is 16.7. The molecule has 0 spiro atoms. The van der Waals surface area contributed by atoms with Gasteiger partial charge >= 0.3 is 0 Å². The van der Waals surface area contributed by atoms with Crippen molar-refractivity contribution in [2.45, 2.75) is 33.7 Å². The van der Waals surface area contributed by atoms with Crippen LogP contribution in [0.5, 0.6) is 0 Å². The molecule has 1 aromatic heterocycles. The minimum atomic E-state index is -0.899. The Morgan fingerprint density at radius 3 is 2.40 bits per heavy atom. The molecule has 1 unspecified atom stereocenters. The smallest absolute Gasteiger partial charge is 0.256 e. The van der Waals surface area contributed by atoms with E-state index in [2.05, 4.69) is 11.6 Å². The van der Waals surface area contributed by atoms with E-state index in [1.165, 1.54) is 28.1 Å². The molecule has 3 amide bonds. The topological polar surface area (TPSA) is 103 Å². The number of amides is 3. The zero-order valence-electron chi connectivity index (χ0n) is 20.8. The van der Waals surface area contributed by atoms with E-state index in [1.54, 1.807) is 18.2 Å². The number of halogens is 1. The van der Waals surface area contributed by atoms with E-state index in [4.69, 9.17) is 5.73 Å². The summed E-state index contributed by atoms with van der Waals surface area (Å²) >= 11 is 0. The highest BCUT2D eigenvalue weighted by atomic mass is 19.1. The lowest BCUT2D eigenvalue weighted by molar-refractivity contribution is -0.135. The van der Waals surface area contributed by atoms with Crippen LogP contribution in [0.4, 0.5) is 10.1 Å². The molecule has 1 fully saturated rings. The Labute approximate surface area is 205 Å². The molecule has 8 nitrogen and oxygen atoms in total. The summed E-state index contributed by atoms with van der Waals surface area (Å²) in [5.41, 5.74) is 8.94. The fourth-order valence-corrected chi connectivity index (χ4v) is 4.00. The number of carbonyl (C=O) groups excluding carboxylic acids is 3. The number of primary amides is 1. The van der Waals surface area contributed by atoms with Gasteiger partial charge in [-0.1, -0.05) is 19.9 Å². The minimum Gasteiger partial charge on any atom is -0.368 e. The molecule has 3 rings (SSSR count). The molecule has 2 aromatic rings. The number of hydrogen-bond acceptors (Lipinski definition) is 4. The van der Waals surface area contributed by atoms with Crippen LogP contribution in [0.1, 0.15) is 30.8 Å². The van der Waals surface area contributed by atoms with E-state index in [-0.39, 0.29) is 31.0 Å². The lowest BCUT2D eigenvalue weighted by Crippen LogP contribution is -2.60. The Bertz CT molecular complexity index is 1080. The summed E-state index contributed by atoms with van der Waals surface area (Å²) in [7, 11) is 0. The van der Waals surface area contributed by atoms with Crippen molar-refractivity contribution in [3.05, 3.63) is 72.0 Å². The molecule has 9 heteroatoms. The summed E-state index contributed by atoms with van der Waals surface area (Å²) < 4.78 is 13.3. The standard InChI is InChI=1S/C24H28FN5O3.C2H6/c1-4-9-28(15-31)13-21(20-12-16(2)27-17(20)3)24(33)30-11-10-29(14-22(30)23(26)32)19-7-5-18(25)6-8-19;1-2/h4-8,12-13,15,22,27H,1,9-11,14H2,2-3H3,(H2,26,32);1-2H3/b21-13+;. The van der Waals surface area contributed by atoms with Crippen molar-refractivity contribution in [1.82, 2.24) is 14.8 Å². The third-order valence-electron chi connectivity index (χ3n) is 5.60. The maximum absolute atomic E-state index is 13.7. The zero-order chi connectivity index (χ0) is 26.1. The highest BCUT2D eigenvalue weighted by molar-refractivity contribution is 6.20. The van der Waals surface area contributed by atoms with Crippen molar-refractivity contribution in [1.29, 1.82) is 0 Å². The van der Waals surface area contributed by atoms with Crippen molar-refractivity contribution < 1.29 is 18.8 Å². The molecular weight excluding hydrogens is 449 g/mol. The number of aryl methyl sites for hydroxylation is 2. The minimum absolute atomic E-state index is 0.176. The van der Waals surface area contributed by atoms with Gasteiger partial charge in [0.05, 0.1) is 5.57 Å². The molecule has 1 atom stereocenters. The van der Waals surface area contributed by atoms with Crippen LogP contribution in [0, 0.1) is 19.7 Å². The molecule has 1 aliphatic heterocycles. The van der Waals surface area contributed by atoms with E-state index in [0.717, 1.165) is 17.1 Å². The van der Waals surface area contributed by atoms with Crippen molar-refractivity contribution in [2.24, 2.45) is 5.73 Å². The SMILES string of the molecule is C=CCN(C=O)/C=C(/C(=O)N1CCN(c2ccc(F)cc2)CC1C(N)=O)c1cc(C)[nH]c1C.CC. The van der Waals surface area contributed by atoms with Gasteiger partial charge in [0.2, 0.25) is 12.3 Å². The maximum atomic E-state index is 13.7. The Kier molecular flexibility index (Phi) is 9.81. The van der Waals surface area contributed by atoms with Crippen LogP contribution in [0.2, 0.25) is 0 Å². The number of piperazine rings is 1. The first-order valence-corrected chi connectivity index (χ1v) is 11.6. The number of carbonyl (C=O) groups is 3. The van der Waals surface area contributed by atoms with Gasteiger partial charge in [-0.2, -0.15) is 0 Å². The molecule has 0 aliphatic carbocycles. The third kappa shape index (κ3) is 6.59. The van der Waals surface area contributed by atoms with Gasteiger partial charge in [0.1, 0.15) is 11.9 Å². The summed E-state index contributed by atoms with van der Waals surface area (Å²) in [5, 5.41) is 0. The van der Waals surface area contributed by atoms with Gasteiger partial charge in [-0.25, -0.2) is 4.39 Å². The summed E-state index contributed by atoms with van der Waals surface area (Å²) in [6.07, 6.45) is 3.63. The van der Waals surface area contributed by atoms with E-state index in [0.29, 0.717) is 18.5 Å². The second-order valence-electron chi connectivity index (χ2n) is 7.96. The Balaban J connectivity index is 0.00000210. The predicted molar refractivity (Wildman–Crippen MR) is 136 cm³/mol. The molecule has 1 saturated heterocycles. The van der Waals surface area contributed by atoms with E-state index < -0.39 is 17.9 Å². The van der Waals surface area contributed by atoms with Crippen LogP contribution in [0.25, 0.3) is 5.57 Å². The van der Waals surface area contributed by atoms with E-state index in [9.17, 15) is 18.8 Å². The number of aromatic nitrogens is 1.